The van der Waals surface area contributed by atoms with Crippen LogP contribution < -0.4 is 20.1 Å². The average molecular weight is 417 g/mol. The third-order valence-electron chi connectivity index (χ3n) is 4.72. The second kappa shape index (κ2) is 8.22. The van der Waals surface area contributed by atoms with E-state index >= 15 is 0 Å². The number of carbonyl (C=O) groups is 2. The zero-order chi connectivity index (χ0) is 21.2. The van der Waals surface area contributed by atoms with Crippen LogP contribution in [0, 0.1) is 0 Å². The van der Waals surface area contributed by atoms with Crippen LogP contribution in [0.15, 0.2) is 53.4 Å². The number of para-hydroxylation sites is 2. The predicted molar refractivity (Wildman–Crippen MR) is 108 cm³/mol. The second-order valence-corrected chi connectivity index (χ2v) is 8.43. The highest BCUT2D eigenvalue weighted by atomic mass is 32.2. The van der Waals surface area contributed by atoms with Crippen molar-refractivity contribution in [3.05, 3.63) is 54.1 Å². The molecule has 0 bridgehead atoms. The SMILES string of the molecule is C[C@H]1Oc2ccccc2N(CCC(=O)N[C@H](C)c2ccc(S(N)(=O)=O)cc2)C1=O. The number of amides is 2. The molecule has 2 aromatic rings. The van der Waals surface area contributed by atoms with Crippen LogP contribution in [0.1, 0.15) is 31.9 Å². The van der Waals surface area contributed by atoms with Gasteiger partial charge in [-0.15, -0.1) is 0 Å². The quantitative estimate of drug-likeness (QED) is 0.742. The van der Waals surface area contributed by atoms with E-state index in [0.29, 0.717) is 11.4 Å². The summed E-state index contributed by atoms with van der Waals surface area (Å²) in [6.07, 6.45) is -0.490. The highest BCUT2D eigenvalue weighted by Gasteiger charge is 2.31. The van der Waals surface area contributed by atoms with E-state index in [1.165, 1.54) is 12.1 Å². The number of ether oxygens (including phenoxy) is 1. The predicted octanol–water partition coefficient (Wildman–Crippen LogP) is 1.72. The first-order valence-electron chi connectivity index (χ1n) is 9.16. The molecule has 0 spiro atoms. The van der Waals surface area contributed by atoms with Crippen LogP contribution in [0.5, 0.6) is 5.75 Å². The molecule has 1 heterocycles. The Kier molecular flexibility index (Phi) is 5.90. The van der Waals surface area contributed by atoms with Crippen LogP contribution in [0.2, 0.25) is 0 Å². The second-order valence-electron chi connectivity index (χ2n) is 6.87. The lowest BCUT2D eigenvalue weighted by atomic mass is 10.1. The fourth-order valence-electron chi connectivity index (χ4n) is 3.15. The van der Waals surface area contributed by atoms with Crippen LogP contribution >= 0.6 is 0 Å². The van der Waals surface area contributed by atoms with Gasteiger partial charge in [0.1, 0.15) is 5.75 Å². The minimum Gasteiger partial charge on any atom is -0.479 e. The van der Waals surface area contributed by atoms with E-state index in [1.807, 2.05) is 12.1 Å². The summed E-state index contributed by atoms with van der Waals surface area (Å²) < 4.78 is 28.3. The summed E-state index contributed by atoms with van der Waals surface area (Å²) >= 11 is 0. The number of hydrogen-bond acceptors (Lipinski definition) is 5. The van der Waals surface area contributed by atoms with Gasteiger partial charge < -0.3 is 15.0 Å². The van der Waals surface area contributed by atoms with Crippen molar-refractivity contribution in [2.45, 2.75) is 37.3 Å². The molecule has 29 heavy (non-hydrogen) atoms. The molecule has 154 valence electrons. The van der Waals surface area contributed by atoms with Gasteiger partial charge in [0.05, 0.1) is 16.6 Å². The minimum absolute atomic E-state index is 0.0124. The van der Waals surface area contributed by atoms with Crippen molar-refractivity contribution >= 4 is 27.5 Å². The highest BCUT2D eigenvalue weighted by Crippen LogP contribution is 2.33. The molecule has 0 fully saturated rings. The Bertz CT molecular complexity index is 1020. The van der Waals surface area contributed by atoms with E-state index in [0.717, 1.165) is 5.56 Å². The number of nitrogens with two attached hydrogens (primary N) is 1. The molecule has 2 aromatic carbocycles. The normalized spacial score (nSPS) is 17.3. The van der Waals surface area contributed by atoms with Crippen molar-refractivity contribution in [2.24, 2.45) is 5.14 Å². The molecule has 9 heteroatoms. The van der Waals surface area contributed by atoms with Gasteiger partial charge in [0.25, 0.3) is 5.91 Å². The van der Waals surface area contributed by atoms with Crippen molar-refractivity contribution in [1.82, 2.24) is 5.32 Å². The molecule has 0 unspecified atom stereocenters. The standard InChI is InChI=1S/C20H23N3O5S/c1-13(15-7-9-16(10-8-15)29(21,26)27)22-19(24)11-12-23-17-5-3-4-6-18(17)28-14(2)20(23)25/h3-10,13-14H,11-12H2,1-2H3,(H,22,24)(H2,21,26,27)/t13-,14-/m1/s1. The largest absolute Gasteiger partial charge is 0.479 e. The molecular formula is C20H23N3O5S. The fourth-order valence-corrected chi connectivity index (χ4v) is 3.66. The first kappa shape index (κ1) is 20.8. The lowest BCUT2D eigenvalue weighted by Gasteiger charge is -2.32. The van der Waals surface area contributed by atoms with Crippen molar-refractivity contribution in [2.75, 3.05) is 11.4 Å². The summed E-state index contributed by atoms with van der Waals surface area (Å²) in [6, 6.07) is 12.9. The van der Waals surface area contributed by atoms with Crippen LogP contribution in [0.4, 0.5) is 5.69 Å². The molecule has 0 saturated heterocycles. The number of fused-ring (bicyclic) bond motifs is 1. The summed E-state index contributed by atoms with van der Waals surface area (Å²) in [6.45, 7) is 3.70. The van der Waals surface area contributed by atoms with Gasteiger partial charge in [0.2, 0.25) is 15.9 Å². The number of hydrogen-bond donors (Lipinski definition) is 2. The van der Waals surface area contributed by atoms with E-state index in [1.54, 1.807) is 43.0 Å². The number of carbonyl (C=O) groups excluding carboxylic acids is 2. The Labute approximate surface area is 169 Å². The number of anilines is 1. The van der Waals surface area contributed by atoms with Crippen LogP contribution in [0.25, 0.3) is 0 Å². The molecule has 8 nitrogen and oxygen atoms in total. The topological polar surface area (TPSA) is 119 Å². The van der Waals surface area contributed by atoms with Gasteiger partial charge in [-0.1, -0.05) is 24.3 Å². The monoisotopic (exact) mass is 417 g/mol. The van der Waals surface area contributed by atoms with Gasteiger partial charge in [0.15, 0.2) is 6.10 Å². The first-order valence-corrected chi connectivity index (χ1v) is 10.7. The van der Waals surface area contributed by atoms with Gasteiger partial charge in [-0.2, -0.15) is 0 Å². The zero-order valence-corrected chi connectivity index (χ0v) is 17.0. The Morgan fingerprint density at radius 1 is 1.21 bits per heavy atom. The number of benzene rings is 2. The van der Waals surface area contributed by atoms with Crippen molar-refractivity contribution in [3.63, 3.8) is 0 Å². The molecule has 1 aliphatic heterocycles. The van der Waals surface area contributed by atoms with E-state index < -0.39 is 16.1 Å². The number of rotatable bonds is 6. The lowest BCUT2D eigenvalue weighted by molar-refractivity contribution is -0.125. The van der Waals surface area contributed by atoms with E-state index in [2.05, 4.69) is 5.32 Å². The molecule has 0 radical (unpaired) electrons. The molecule has 0 aromatic heterocycles. The fraction of sp³-hybridized carbons (Fsp3) is 0.300. The summed E-state index contributed by atoms with van der Waals surface area (Å²) in [7, 11) is -3.76. The summed E-state index contributed by atoms with van der Waals surface area (Å²) in [4.78, 5) is 26.4. The number of nitrogens with zero attached hydrogens (tertiary/aromatic N) is 1. The molecular weight excluding hydrogens is 394 g/mol. The van der Waals surface area contributed by atoms with E-state index in [-0.39, 0.29) is 35.7 Å². The number of sulfonamides is 1. The summed E-state index contributed by atoms with van der Waals surface area (Å²) in [5.41, 5.74) is 1.39. The third-order valence-corrected chi connectivity index (χ3v) is 5.65. The Morgan fingerprint density at radius 2 is 1.86 bits per heavy atom. The molecule has 2 amide bonds. The molecule has 0 saturated carbocycles. The average Bonchev–Trinajstić information content (AvgIpc) is 2.67. The Morgan fingerprint density at radius 3 is 2.52 bits per heavy atom. The third kappa shape index (κ3) is 4.75. The number of primary sulfonamides is 1. The van der Waals surface area contributed by atoms with Crippen molar-refractivity contribution in [3.8, 4) is 5.75 Å². The van der Waals surface area contributed by atoms with Gasteiger partial charge in [0, 0.05) is 13.0 Å². The minimum atomic E-state index is -3.76. The zero-order valence-electron chi connectivity index (χ0n) is 16.2. The number of nitrogens with one attached hydrogen (secondary N) is 1. The Balaban J connectivity index is 1.62. The van der Waals surface area contributed by atoms with Crippen LogP contribution in [0.3, 0.4) is 0 Å². The van der Waals surface area contributed by atoms with E-state index in [9.17, 15) is 18.0 Å². The Hall–Kier alpha value is -2.91. The molecule has 1 aliphatic rings. The van der Waals surface area contributed by atoms with Gasteiger partial charge in [-0.05, 0) is 43.7 Å². The smallest absolute Gasteiger partial charge is 0.267 e. The summed E-state index contributed by atoms with van der Waals surface area (Å²) in [5, 5.41) is 7.95. The van der Waals surface area contributed by atoms with Crippen LogP contribution in [-0.2, 0) is 19.6 Å². The summed E-state index contributed by atoms with van der Waals surface area (Å²) in [5.74, 6) is 0.198. The lowest BCUT2D eigenvalue weighted by Crippen LogP contribution is -2.45. The van der Waals surface area contributed by atoms with Crippen molar-refractivity contribution < 1.29 is 22.7 Å². The molecule has 3 rings (SSSR count). The van der Waals surface area contributed by atoms with Crippen LogP contribution in [-0.4, -0.2) is 32.9 Å². The van der Waals surface area contributed by atoms with Crippen molar-refractivity contribution in [1.29, 1.82) is 0 Å². The maximum atomic E-state index is 12.5. The maximum absolute atomic E-state index is 12.5. The molecule has 3 N–H and O–H groups in total. The van der Waals surface area contributed by atoms with Gasteiger partial charge in [-0.3, -0.25) is 9.59 Å². The van der Waals surface area contributed by atoms with Gasteiger partial charge in [-0.25, -0.2) is 13.6 Å². The molecule has 0 aliphatic carbocycles. The maximum Gasteiger partial charge on any atom is 0.267 e. The van der Waals surface area contributed by atoms with Gasteiger partial charge >= 0.3 is 0 Å². The van der Waals surface area contributed by atoms with E-state index in [4.69, 9.17) is 9.88 Å². The molecule has 2 atom stereocenters. The highest BCUT2D eigenvalue weighted by molar-refractivity contribution is 7.89. The first-order chi connectivity index (χ1) is 13.7.